The monoisotopic (exact) mass is 446 g/mol. The van der Waals surface area contributed by atoms with E-state index in [1.807, 2.05) is 61.5 Å². The van der Waals surface area contributed by atoms with Gasteiger partial charge >= 0.3 is 0 Å². The van der Waals surface area contributed by atoms with E-state index >= 15 is 0 Å². The smallest absolute Gasteiger partial charge is 0.282 e. The first kappa shape index (κ1) is 21.7. The van der Waals surface area contributed by atoms with E-state index in [1.54, 1.807) is 25.1 Å². The van der Waals surface area contributed by atoms with Crippen molar-refractivity contribution in [2.45, 2.75) is 20.3 Å². The van der Waals surface area contributed by atoms with Gasteiger partial charge in [-0.25, -0.2) is 4.90 Å². The number of hydrogen-bond donors (Lipinski definition) is 1. The minimum absolute atomic E-state index is 0.216. The van der Waals surface area contributed by atoms with E-state index in [-0.39, 0.29) is 5.70 Å². The topological polar surface area (TPSA) is 58.6 Å². The largest absolute Gasteiger partial charge is 0.494 e. The first-order valence-electron chi connectivity index (χ1n) is 10.4. The van der Waals surface area contributed by atoms with Gasteiger partial charge in [0.05, 0.1) is 17.9 Å². The fourth-order valence-corrected chi connectivity index (χ4v) is 3.77. The molecule has 3 aromatic carbocycles. The molecule has 162 valence electrons. The number of anilines is 2. The van der Waals surface area contributed by atoms with Crippen molar-refractivity contribution in [3.63, 3.8) is 0 Å². The summed E-state index contributed by atoms with van der Waals surface area (Å²) in [7, 11) is 0. The molecule has 5 nitrogen and oxygen atoms in total. The van der Waals surface area contributed by atoms with Gasteiger partial charge in [-0.1, -0.05) is 61.0 Å². The Kier molecular flexibility index (Phi) is 6.28. The summed E-state index contributed by atoms with van der Waals surface area (Å²) in [4.78, 5) is 28.2. The van der Waals surface area contributed by atoms with Crippen molar-refractivity contribution >= 4 is 40.4 Å². The lowest BCUT2D eigenvalue weighted by Crippen LogP contribution is -2.33. The molecule has 0 fully saturated rings. The van der Waals surface area contributed by atoms with Crippen LogP contribution in [-0.2, 0) is 9.59 Å². The SMILES string of the molecule is CCCOc1cccc(NC2=C(c3ccccc3)C(=O)N(c3cccc(Cl)c3C)C2=O)c1. The average molecular weight is 447 g/mol. The third-order valence-corrected chi connectivity index (χ3v) is 5.61. The summed E-state index contributed by atoms with van der Waals surface area (Å²) in [6, 6.07) is 21.7. The van der Waals surface area contributed by atoms with E-state index in [9.17, 15) is 9.59 Å². The summed E-state index contributed by atoms with van der Waals surface area (Å²) >= 11 is 6.27. The van der Waals surface area contributed by atoms with E-state index in [0.29, 0.717) is 45.5 Å². The van der Waals surface area contributed by atoms with Crippen LogP contribution >= 0.6 is 11.6 Å². The summed E-state index contributed by atoms with van der Waals surface area (Å²) in [6.45, 7) is 4.43. The van der Waals surface area contributed by atoms with Gasteiger partial charge in [-0.05, 0) is 48.7 Å². The van der Waals surface area contributed by atoms with E-state index < -0.39 is 11.8 Å². The molecule has 0 aromatic heterocycles. The average Bonchev–Trinajstić information content (AvgIpc) is 3.04. The van der Waals surface area contributed by atoms with Gasteiger partial charge < -0.3 is 10.1 Å². The number of halogens is 1. The normalized spacial score (nSPS) is 13.7. The second-order valence-corrected chi connectivity index (χ2v) is 7.85. The highest BCUT2D eigenvalue weighted by Gasteiger charge is 2.41. The zero-order chi connectivity index (χ0) is 22.7. The highest BCUT2D eigenvalue weighted by atomic mass is 35.5. The van der Waals surface area contributed by atoms with Gasteiger partial charge in [0.2, 0.25) is 0 Å². The van der Waals surface area contributed by atoms with Crippen molar-refractivity contribution in [3.8, 4) is 5.75 Å². The molecule has 1 aliphatic heterocycles. The van der Waals surface area contributed by atoms with Crippen molar-refractivity contribution in [1.29, 1.82) is 0 Å². The van der Waals surface area contributed by atoms with E-state index in [1.165, 1.54) is 4.90 Å². The molecule has 0 radical (unpaired) electrons. The molecule has 1 heterocycles. The number of nitrogens with one attached hydrogen (secondary N) is 1. The van der Waals surface area contributed by atoms with E-state index in [2.05, 4.69) is 5.32 Å². The lowest BCUT2D eigenvalue weighted by molar-refractivity contribution is -0.120. The van der Waals surface area contributed by atoms with Gasteiger partial charge in [-0.3, -0.25) is 9.59 Å². The van der Waals surface area contributed by atoms with Crippen LogP contribution in [-0.4, -0.2) is 18.4 Å². The molecule has 0 bridgehead atoms. The fourth-order valence-electron chi connectivity index (χ4n) is 3.60. The molecule has 0 spiro atoms. The van der Waals surface area contributed by atoms with Gasteiger partial charge in [0.25, 0.3) is 11.8 Å². The van der Waals surface area contributed by atoms with Crippen LogP contribution < -0.4 is 15.0 Å². The summed E-state index contributed by atoms with van der Waals surface area (Å²) in [5.74, 6) is -0.135. The fraction of sp³-hybridized carbons (Fsp3) is 0.154. The van der Waals surface area contributed by atoms with Crippen LogP contribution in [0, 0.1) is 6.92 Å². The number of ether oxygens (including phenoxy) is 1. The number of imide groups is 1. The second kappa shape index (κ2) is 9.28. The lowest BCUT2D eigenvalue weighted by Gasteiger charge is -2.18. The Bertz CT molecular complexity index is 1200. The first-order chi connectivity index (χ1) is 15.5. The first-order valence-corrected chi connectivity index (χ1v) is 10.8. The van der Waals surface area contributed by atoms with Crippen LogP contribution in [0.25, 0.3) is 5.57 Å². The minimum Gasteiger partial charge on any atom is -0.494 e. The molecule has 32 heavy (non-hydrogen) atoms. The second-order valence-electron chi connectivity index (χ2n) is 7.45. The molecule has 0 atom stereocenters. The Balaban J connectivity index is 1.78. The zero-order valence-corrected chi connectivity index (χ0v) is 18.6. The van der Waals surface area contributed by atoms with Crippen molar-refractivity contribution in [2.24, 2.45) is 0 Å². The van der Waals surface area contributed by atoms with Crippen LogP contribution in [0.15, 0.2) is 78.5 Å². The Hall–Kier alpha value is -3.57. The van der Waals surface area contributed by atoms with Gasteiger partial charge in [0.15, 0.2) is 0 Å². The molecular weight excluding hydrogens is 424 g/mol. The van der Waals surface area contributed by atoms with Crippen molar-refractivity contribution in [3.05, 3.63) is 94.6 Å². The van der Waals surface area contributed by atoms with Gasteiger partial charge in [-0.15, -0.1) is 0 Å². The number of carbonyl (C=O) groups excluding carboxylic acids is 2. The van der Waals surface area contributed by atoms with E-state index in [0.717, 1.165) is 6.42 Å². The highest BCUT2D eigenvalue weighted by molar-refractivity contribution is 6.46. The number of amides is 2. The molecule has 0 unspecified atom stereocenters. The van der Waals surface area contributed by atoms with Crippen LogP contribution in [0.5, 0.6) is 5.75 Å². The molecule has 1 N–H and O–H groups in total. The quantitative estimate of drug-likeness (QED) is 0.463. The number of carbonyl (C=O) groups is 2. The number of rotatable bonds is 7. The van der Waals surface area contributed by atoms with Crippen molar-refractivity contribution in [2.75, 3.05) is 16.8 Å². The lowest BCUT2D eigenvalue weighted by atomic mass is 10.0. The summed E-state index contributed by atoms with van der Waals surface area (Å²) in [5.41, 5.74) is 2.99. The Labute approximate surface area is 192 Å². The van der Waals surface area contributed by atoms with E-state index in [4.69, 9.17) is 16.3 Å². The minimum atomic E-state index is -0.431. The number of benzene rings is 3. The summed E-state index contributed by atoms with van der Waals surface area (Å²) in [6.07, 6.45) is 0.891. The van der Waals surface area contributed by atoms with Crippen LogP contribution in [0.1, 0.15) is 24.5 Å². The van der Waals surface area contributed by atoms with Gasteiger partial charge in [-0.2, -0.15) is 0 Å². The maximum Gasteiger partial charge on any atom is 0.282 e. The van der Waals surface area contributed by atoms with Crippen LogP contribution in [0.3, 0.4) is 0 Å². The highest BCUT2D eigenvalue weighted by Crippen LogP contribution is 2.36. The molecule has 0 saturated carbocycles. The molecule has 2 amide bonds. The molecule has 0 saturated heterocycles. The van der Waals surface area contributed by atoms with Crippen molar-refractivity contribution in [1.82, 2.24) is 0 Å². The van der Waals surface area contributed by atoms with Crippen LogP contribution in [0.2, 0.25) is 5.02 Å². The maximum absolute atomic E-state index is 13.5. The third-order valence-electron chi connectivity index (χ3n) is 5.20. The van der Waals surface area contributed by atoms with Crippen molar-refractivity contribution < 1.29 is 14.3 Å². The Morgan fingerprint density at radius 3 is 2.44 bits per heavy atom. The van der Waals surface area contributed by atoms with Crippen LogP contribution in [0.4, 0.5) is 11.4 Å². The molecular formula is C26H23ClN2O3. The zero-order valence-electron chi connectivity index (χ0n) is 17.9. The summed E-state index contributed by atoms with van der Waals surface area (Å²) in [5, 5.41) is 3.67. The standard InChI is InChI=1S/C26H23ClN2O3/c1-3-15-32-20-12-7-11-19(16-20)28-24-23(18-9-5-4-6-10-18)25(30)29(26(24)31)22-14-8-13-21(27)17(22)2/h4-14,16,28H,3,15H2,1-2H3. The van der Waals surface area contributed by atoms with Gasteiger partial charge in [0, 0.05) is 16.8 Å². The predicted molar refractivity (Wildman–Crippen MR) is 128 cm³/mol. The Morgan fingerprint density at radius 2 is 1.69 bits per heavy atom. The molecule has 1 aliphatic rings. The molecule has 0 aliphatic carbocycles. The maximum atomic E-state index is 13.5. The third kappa shape index (κ3) is 4.12. The number of nitrogens with zero attached hydrogens (tertiary/aromatic N) is 1. The Morgan fingerprint density at radius 1 is 0.938 bits per heavy atom. The summed E-state index contributed by atoms with van der Waals surface area (Å²) < 4.78 is 5.71. The van der Waals surface area contributed by atoms with Gasteiger partial charge in [0.1, 0.15) is 11.4 Å². The molecule has 4 rings (SSSR count). The molecule has 6 heteroatoms. The predicted octanol–water partition coefficient (Wildman–Crippen LogP) is 5.83. The number of hydrogen-bond acceptors (Lipinski definition) is 4. The molecule has 3 aromatic rings.